The summed E-state index contributed by atoms with van der Waals surface area (Å²) in [6.07, 6.45) is -0.220. The maximum Gasteiger partial charge on any atom is 0.267 e. The average Bonchev–Trinajstić information content (AvgIpc) is 2.51. The minimum Gasteiger partial charge on any atom is -0.489 e. The van der Waals surface area contributed by atoms with Crippen LogP contribution in [0.4, 0.5) is 0 Å². The van der Waals surface area contributed by atoms with Crippen molar-refractivity contribution < 1.29 is 9.53 Å². The van der Waals surface area contributed by atoms with Gasteiger partial charge in [0, 0.05) is 11.1 Å². The maximum absolute atomic E-state index is 11.9. The highest BCUT2D eigenvalue weighted by molar-refractivity contribution is 6.30. The molecule has 0 fully saturated rings. The molecule has 0 saturated carbocycles. The largest absolute Gasteiger partial charge is 0.489 e. The zero-order valence-corrected chi connectivity index (χ0v) is 13.7. The van der Waals surface area contributed by atoms with Crippen LogP contribution in [0.3, 0.4) is 0 Å². The fraction of sp³-hybridized carbons (Fsp3) is 0.312. The molecular weight excluding hydrogens is 318 g/mol. The van der Waals surface area contributed by atoms with Crippen LogP contribution in [0.5, 0.6) is 5.75 Å². The van der Waals surface area contributed by atoms with E-state index < -0.39 is 0 Å². The highest BCUT2D eigenvalue weighted by Gasteiger charge is 2.09. The molecule has 0 aliphatic heterocycles. The van der Waals surface area contributed by atoms with E-state index in [0.29, 0.717) is 23.0 Å². The molecule has 1 aromatic heterocycles. The molecule has 1 heterocycles. The lowest BCUT2D eigenvalue weighted by Crippen LogP contribution is -2.38. The summed E-state index contributed by atoms with van der Waals surface area (Å²) < 4.78 is 6.79. The van der Waals surface area contributed by atoms with Crippen molar-refractivity contribution in [3.63, 3.8) is 0 Å². The van der Waals surface area contributed by atoms with E-state index in [1.165, 1.54) is 6.07 Å². The summed E-state index contributed by atoms with van der Waals surface area (Å²) >= 11 is 5.81. The van der Waals surface area contributed by atoms with Gasteiger partial charge in [-0.15, -0.1) is 0 Å². The van der Waals surface area contributed by atoms with Gasteiger partial charge < -0.3 is 10.1 Å². The smallest absolute Gasteiger partial charge is 0.267 e. The molecule has 1 atom stereocenters. The third-order valence-electron chi connectivity index (χ3n) is 3.03. The quantitative estimate of drug-likeness (QED) is 0.873. The number of carbonyl (C=O) groups excluding carboxylic acids is 1. The number of nitrogens with one attached hydrogen (secondary N) is 1. The van der Waals surface area contributed by atoms with E-state index in [4.69, 9.17) is 16.3 Å². The Labute approximate surface area is 139 Å². The van der Waals surface area contributed by atoms with Crippen molar-refractivity contribution in [3.05, 3.63) is 57.5 Å². The van der Waals surface area contributed by atoms with Gasteiger partial charge in [-0.2, -0.15) is 5.10 Å². The number of benzene rings is 1. The number of halogens is 1. The van der Waals surface area contributed by atoms with Crippen molar-refractivity contribution in [3.8, 4) is 5.75 Å². The van der Waals surface area contributed by atoms with Crippen LogP contribution in [0.25, 0.3) is 0 Å². The van der Waals surface area contributed by atoms with Crippen molar-refractivity contribution in [2.24, 2.45) is 0 Å². The van der Waals surface area contributed by atoms with Crippen molar-refractivity contribution in [1.82, 2.24) is 15.1 Å². The average molecular weight is 336 g/mol. The number of amides is 1. The monoisotopic (exact) mass is 335 g/mol. The second kappa shape index (κ2) is 7.78. The summed E-state index contributed by atoms with van der Waals surface area (Å²) in [7, 11) is 0. The predicted octanol–water partition coefficient (Wildman–Crippen LogP) is 1.79. The zero-order valence-electron chi connectivity index (χ0n) is 13.0. The van der Waals surface area contributed by atoms with E-state index in [2.05, 4.69) is 10.4 Å². The van der Waals surface area contributed by atoms with Crippen molar-refractivity contribution >= 4 is 17.5 Å². The minimum absolute atomic E-state index is 0.117. The molecule has 1 N–H and O–H groups in total. The van der Waals surface area contributed by atoms with Crippen molar-refractivity contribution in [2.75, 3.05) is 6.54 Å². The number of hydrogen-bond donors (Lipinski definition) is 1. The lowest BCUT2D eigenvalue weighted by molar-refractivity contribution is -0.122. The third-order valence-corrected chi connectivity index (χ3v) is 3.28. The Bertz CT molecular complexity index is 728. The second-order valence-corrected chi connectivity index (χ2v) is 5.59. The van der Waals surface area contributed by atoms with Gasteiger partial charge in [-0.25, -0.2) is 4.68 Å². The van der Waals surface area contributed by atoms with Gasteiger partial charge in [0.2, 0.25) is 5.91 Å². The molecule has 1 aromatic carbocycles. The fourth-order valence-electron chi connectivity index (χ4n) is 1.90. The highest BCUT2D eigenvalue weighted by atomic mass is 35.5. The minimum atomic E-state index is -0.309. The Morgan fingerprint density at radius 3 is 2.70 bits per heavy atom. The summed E-state index contributed by atoms with van der Waals surface area (Å²) in [5.74, 6) is 0.379. The Hall–Kier alpha value is -2.34. The highest BCUT2D eigenvalue weighted by Crippen LogP contribution is 2.16. The number of ether oxygens (including phenoxy) is 1. The maximum atomic E-state index is 11.9. The van der Waals surface area contributed by atoms with Gasteiger partial charge in [0.1, 0.15) is 18.4 Å². The normalized spacial score (nSPS) is 11.8. The third kappa shape index (κ3) is 5.41. The molecule has 0 aliphatic carbocycles. The van der Waals surface area contributed by atoms with Crippen LogP contribution in [-0.4, -0.2) is 28.3 Å². The van der Waals surface area contributed by atoms with Crippen molar-refractivity contribution in [2.45, 2.75) is 26.5 Å². The molecule has 0 spiro atoms. The van der Waals surface area contributed by atoms with Gasteiger partial charge in [0.15, 0.2) is 0 Å². The molecule has 0 saturated heterocycles. The molecule has 0 unspecified atom stereocenters. The molecule has 6 nitrogen and oxygen atoms in total. The lowest BCUT2D eigenvalue weighted by atomic mass is 10.3. The van der Waals surface area contributed by atoms with Crippen LogP contribution in [0, 0.1) is 6.92 Å². The number of rotatable bonds is 6. The molecule has 23 heavy (non-hydrogen) atoms. The van der Waals surface area contributed by atoms with Crippen LogP contribution in [0.2, 0.25) is 5.02 Å². The van der Waals surface area contributed by atoms with E-state index in [9.17, 15) is 9.59 Å². The fourth-order valence-corrected chi connectivity index (χ4v) is 2.03. The number of carbonyl (C=O) groups is 1. The molecule has 2 rings (SSSR count). The molecule has 0 bridgehead atoms. The Morgan fingerprint density at radius 2 is 2.00 bits per heavy atom. The standard InChI is InChI=1S/C16H18ClN3O3/c1-11-3-8-16(22)20(19-11)10-15(21)18-9-12(2)23-14-6-4-13(17)5-7-14/h3-8,12H,9-10H2,1-2H3,(H,18,21)/t12-/m1/s1. The van der Waals surface area contributed by atoms with Crippen LogP contribution >= 0.6 is 11.6 Å². The number of nitrogens with zero attached hydrogens (tertiary/aromatic N) is 2. The molecule has 0 aliphatic rings. The van der Waals surface area contributed by atoms with Crippen molar-refractivity contribution in [1.29, 1.82) is 0 Å². The van der Waals surface area contributed by atoms with Gasteiger partial charge in [-0.1, -0.05) is 11.6 Å². The van der Waals surface area contributed by atoms with Crippen LogP contribution in [-0.2, 0) is 11.3 Å². The SMILES string of the molecule is Cc1ccc(=O)n(CC(=O)NC[C@@H](C)Oc2ccc(Cl)cc2)n1. The molecule has 7 heteroatoms. The van der Waals surface area contributed by atoms with Gasteiger partial charge in [-0.05, 0) is 44.2 Å². The van der Waals surface area contributed by atoms with E-state index in [0.717, 1.165) is 4.68 Å². The van der Waals surface area contributed by atoms with E-state index in [1.807, 2.05) is 6.92 Å². The molecule has 0 radical (unpaired) electrons. The first-order chi connectivity index (χ1) is 10.9. The van der Waals surface area contributed by atoms with Gasteiger partial charge in [-0.3, -0.25) is 9.59 Å². The first kappa shape index (κ1) is 17.0. The van der Waals surface area contributed by atoms with Gasteiger partial charge >= 0.3 is 0 Å². The Kier molecular flexibility index (Phi) is 5.76. The Balaban J connectivity index is 1.82. The van der Waals surface area contributed by atoms with Crippen LogP contribution in [0.15, 0.2) is 41.2 Å². The number of aromatic nitrogens is 2. The van der Waals surface area contributed by atoms with E-state index in [-0.39, 0.29) is 24.1 Å². The summed E-state index contributed by atoms with van der Waals surface area (Å²) in [6.45, 7) is 3.80. The summed E-state index contributed by atoms with van der Waals surface area (Å²) in [5.41, 5.74) is 0.369. The first-order valence-corrected chi connectivity index (χ1v) is 7.55. The second-order valence-electron chi connectivity index (χ2n) is 5.16. The Morgan fingerprint density at radius 1 is 1.30 bits per heavy atom. The molecule has 122 valence electrons. The summed E-state index contributed by atoms with van der Waals surface area (Å²) in [6, 6.07) is 9.99. The molecule has 2 aromatic rings. The number of aryl methyl sites for hydroxylation is 1. The zero-order chi connectivity index (χ0) is 16.8. The molecular formula is C16H18ClN3O3. The van der Waals surface area contributed by atoms with Gasteiger partial charge in [0.25, 0.3) is 5.56 Å². The van der Waals surface area contributed by atoms with Crippen LogP contribution < -0.4 is 15.6 Å². The van der Waals surface area contributed by atoms with E-state index >= 15 is 0 Å². The summed E-state index contributed by atoms with van der Waals surface area (Å²) in [4.78, 5) is 23.5. The van der Waals surface area contributed by atoms with Crippen LogP contribution in [0.1, 0.15) is 12.6 Å². The number of hydrogen-bond acceptors (Lipinski definition) is 4. The first-order valence-electron chi connectivity index (χ1n) is 7.18. The lowest BCUT2D eigenvalue weighted by Gasteiger charge is -2.15. The predicted molar refractivity (Wildman–Crippen MR) is 87.8 cm³/mol. The van der Waals surface area contributed by atoms with E-state index in [1.54, 1.807) is 37.3 Å². The topological polar surface area (TPSA) is 73.2 Å². The summed E-state index contributed by atoms with van der Waals surface area (Å²) in [5, 5.41) is 7.37. The van der Waals surface area contributed by atoms with Gasteiger partial charge in [0.05, 0.1) is 12.2 Å². The molecule has 1 amide bonds.